The summed E-state index contributed by atoms with van der Waals surface area (Å²) in [6.07, 6.45) is 5.85. The van der Waals surface area contributed by atoms with Crippen molar-refractivity contribution in [1.29, 1.82) is 0 Å². The number of para-hydroxylation sites is 1. The van der Waals surface area contributed by atoms with Gasteiger partial charge in [0, 0.05) is 31.0 Å². The second kappa shape index (κ2) is 13.3. The Hall–Kier alpha value is -5.63. The van der Waals surface area contributed by atoms with Crippen LogP contribution in [0.4, 0.5) is 0 Å². The van der Waals surface area contributed by atoms with Crippen molar-refractivity contribution in [2.45, 2.75) is 32.5 Å². The highest BCUT2D eigenvalue weighted by atomic mass is 16.5. The highest BCUT2D eigenvalue weighted by Crippen LogP contribution is 2.41. The van der Waals surface area contributed by atoms with E-state index in [1.165, 1.54) is 4.90 Å². The fourth-order valence-corrected chi connectivity index (χ4v) is 5.51. The Morgan fingerprint density at radius 3 is 2.38 bits per heavy atom. The van der Waals surface area contributed by atoms with E-state index < -0.39 is 17.7 Å². The summed E-state index contributed by atoms with van der Waals surface area (Å²) in [5.74, 6) is 0.214. The summed E-state index contributed by atoms with van der Waals surface area (Å²) in [6, 6.07) is 30.8. The van der Waals surface area contributed by atoms with E-state index in [-0.39, 0.29) is 11.3 Å². The van der Waals surface area contributed by atoms with Crippen LogP contribution in [0.25, 0.3) is 5.76 Å². The molecule has 1 saturated heterocycles. The molecule has 226 valence electrons. The number of aliphatic hydroxyl groups excluding tert-OH is 1. The zero-order valence-electron chi connectivity index (χ0n) is 24.9. The summed E-state index contributed by atoms with van der Waals surface area (Å²) in [7, 11) is 0. The Kier molecular flexibility index (Phi) is 8.73. The number of amides is 1. The molecule has 0 bridgehead atoms. The van der Waals surface area contributed by atoms with Gasteiger partial charge in [-0.3, -0.25) is 9.59 Å². The Morgan fingerprint density at radius 2 is 1.62 bits per heavy atom. The van der Waals surface area contributed by atoms with E-state index in [9.17, 15) is 14.7 Å². The number of carbonyl (C=O) groups is 2. The number of ketones is 1. The first-order valence-electron chi connectivity index (χ1n) is 14.8. The molecule has 1 N–H and O–H groups in total. The molecule has 1 amide bonds. The molecule has 8 heteroatoms. The van der Waals surface area contributed by atoms with Gasteiger partial charge in [0.1, 0.15) is 29.6 Å². The van der Waals surface area contributed by atoms with Crippen LogP contribution in [0.1, 0.15) is 34.7 Å². The number of aliphatic hydroxyl groups is 1. The average molecular weight is 600 g/mol. The third kappa shape index (κ3) is 6.80. The minimum atomic E-state index is -0.802. The third-order valence-corrected chi connectivity index (χ3v) is 7.68. The first-order valence-corrected chi connectivity index (χ1v) is 14.8. The van der Waals surface area contributed by atoms with Crippen LogP contribution in [0.3, 0.4) is 0 Å². The Balaban J connectivity index is 1.30. The molecule has 1 unspecified atom stereocenters. The molecule has 1 atom stereocenters. The van der Waals surface area contributed by atoms with E-state index in [0.29, 0.717) is 54.5 Å². The summed E-state index contributed by atoms with van der Waals surface area (Å²) in [6.45, 7) is 3.36. The lowest BCUT2D eigenvalue weighted by atomic mass is 9.95. The normalized spacial score (nSPS) is 15.8. The number of benzene rings is 4. The van der Waals surface area contributed by atoms with Crippen LogP contribution in [0.2, 0.25) is 0 Å². The number of aryl methyl sites for hydroxylation is 2. The molecule has 0 radical (unpaired) electrons. The molecular weight excluding hydrogens is 566 g/mol. The first kappa shape index (κ1) is 29.4. The van der Waals surface area contributed by atoms with Crippen molar-refractivity contribution in [3.63, 3.8) is 0 Å². The maximum absolute atomic E-state index is 13.6. The van der Waals surface area contributed by atoms with Gasteiger partial charge in [-0.2, -0.15) is 0 Å². The third-order valence-electron chi connectivity index (χ3n) is 7.68. The van der Waals surface area contributed by atoms with E-state index in [0.717, 1.165) is 11.1 Å². The molecule has 1 aliphatic heterocycles. The van der Waals surface area contributed by atoms with Crippen molar-refractivity contribution in [3.05, 3.63) is 150 Å². The maximum atomic E-state index is 13.6. The van der Waals surface area contributed by atoms with Crippen LogP contribution < -0.4 is 9.47 Å². The minimum Gasteiger partial charge on any atom is -0.507 e. The van der Waals surface area contributed by atoms with Gasteiger partial charge in [-0.25, -0.2) is 4.98 Å². The van der Waals surface area contributed by atoms with Crippen molar-refractivity contribution in [1.82, 2.24) is 14.5 Å². The lowest BCUT2D eigenvalue weighted by Crippen LogP contribution is -2.31. The summed E-state index contributed by atoms with van der Waals surface area (Å²) >= 11 is 0. The molecule has 8 nitrogen and oxygen atoms in total. The van der Waals surface area contributed by atoms with Gasteiger partial charge < -0.3 is 24.0 Å². The Morgan fingerprint density at radius 1 is 0.844 bits per heavy atom. The molecular formula is C37H33N3O5. The molecule has 0 spiro atoms. The molecule has 4 aromatic carbocycles. The molecule has 1 aromatic heterocycles. The van der Waals surface area contributed by atoms with Crippen LogP contribution in [0, 0.1) is 6.92 Å². The minimum absolute atomic E-state index is 0.0351. The number of rotatable bonds is 11. The fraction of sp³-hybridized carbons (Fsp3) is 0.162. The topological polar surface area (TPSA) is 93.9 Å². The lowest BCUT2D eigenvalue weighted by Gasteiger charge is -2.26. The molecule has 45 heavy (non-hydrogen) atoms. The summed E-state index contributed by atoms with van der Waals surface area (Å²) in [5.41, 5.74) is 3.31. The molecule has 5 aromatic rings. The van der Waals surface area contributed by atoms with Crippen LogP contribution in [-0.2, 0) is 22.7 Å². The number of aromatic nitrogens is 2. The largest absolute Gasteiger partial charge is 0.507 e. The zero-order chi connectivity index (χ0) is 31.2. The van der Waals surface area contributed by atoms with E-state index in [1.807, 2.05) is 90.5 Å². The number of Topliss-reactive ketones (excluding diaryl/α,β-unsaturated/α-hetero) is 1. The highest BCUT2D eigenvalue weighted by molar-refractivity contribution is 6.46. The van der Waals surface area contributed by atoms with Gasteiger partial charge in [0.25, 0.3) is 11.7 Å². The van der Waals surface area contributed by atoms with Gasteiger partial charge >= 0.3 is 0 Å². The second-order valence-corrected chi connectivity index (χ2v) is 10.9. The van der Waals surface area contributed by atoms with Crippen molar-refractivity contribution in [2.24, 2.45) is 0 Å². The molecule has 0 aliphatic carbocycles. The monoisotopic (exact) mass is 599 g/mol. The SMILES string of the molecule is Cc1cccc(COc2ccc(C(O)=C3C(=O)C(=O)N(CCCn4ccnc4)C3c3cccc(Oc4ccccc4)c3)cc2)c1. The number of ether oxygens (including phenoxy) is 2. The number of hydrogen-bond donors (Lipinski definition) is 1. The summed E-state index contributed by atoms with van der Waals surface area (Å²) < 4.78 is 13.9. The van der Waals surface area contributed by atoms with Crippen molar-refractivity contribution >= 4 is 17.4 Å². The predicted molar refractivity (Wildman–Crippen MR) is 171 cm³/mol. The van der Waals surface area contributed by atoms with Crippen molar-refractivity contribution in [2.75, 3.05) is 6.54 Å². The zero-order valence-corrected chi connectivity index (χ0v) is 24.9. The fourth-order valence-electron chi connectivity index (χ4n) is 5.51. The van der Waals surface area contributed by atoms with Gasteiger partial charge in [-0.1, -0.05) is 60.2 Å². The molecule has 0 saturated carbocycles. The standard InChI is InChI=1S/C37H33N3O5/c1-26-8-5-9-27(22-26)24-44-30-16-14-28(15-17-30)35(41)33-34(29-10-6-13-32(23-29)45-31-11-3-2-4-12-31)40(37(43)36(33)42)20-7-19-39-21-18-38-25-39/h2-6,8-18,21-23,25,34,41H,7,19-20,24H2,1H3. The number of carbonyl (C=O) groups excluding carboxylic acids is 2. The first-order chi connectivity index (χ1) is 22.0. The van der Waals surface area contributed by atoms with Gasteiger partial charge in [-0.05, 0) is 73.0 Å². The maximum Gasteiger partial charge on any atom is 0.295 e. The van der Waals surface area contributed by atoms with Gasteiger partial charge in [0.2, 0.25) is 0 Å². The van der Waals surface area contributed by atoms with E-state index in [1.54, 1.807) is 36.8 Å². The number of imidazole rings is 1. The van der Waals surface area contributed by atoms with Gasteiger partial charge in [0.15, 0.2) is 0 Å². The quantitative estimate of drug-likeness (QED) is 0.0991. The van der Waals surface area contributed by atoms with Crippen LogP contribution >= 0.6 is 0 Å². The average Bonchev–Trinajstić information content (AvgIpc) is 3.67. The number of nitrogens with zero attached hydrogens (tertiary/aromatic N) is 3. The summed E-state index contributed by atoms with van der Waals surface area (Å²) in [4.78, 5) is 32.6. The van der Waals surface area contributed by atoms with Gasteiger partial charge in [0.05, 0.1) is 17.9 Å². The van der Waals surface area contributed by atoms with Crippen molar-refractivity contribution in [3.8, 4) is 17.2 Å². The van der Waals surface area contributed by atoms with Gasteiger partial charge in [-0.15, -0.1) is 0 Å². The number of likely N-dealkylation sites (tertiary alicyclic amines) is 1. The second-order valence-electron chi connectivity index (χ2n) is 10.9. The predicted octanol–water partition coefficient (Wildman–Crippen LogP) is 7.07. The smallest absolute Gasteiger partial charge is 0.295 e. The highest BCUT2D eigenvalue weighted by Gasteiger charge is 2.46. The summed E-state index contributed by atoms with van der Waals surface area (Å²) in [5, 5.41) is 11.6. The number of hydrogen-bond acceptors (Lipinski definition) is 6. The van der Waals surface area contributed by atoms with E-state index in [2.05, 4.69) is 11.1 Å². The Labute approximate surface area is 261 Å². The van der Waals surface area contributed by atoms with Crippen LogP contribution in [0.5, 0.6) is 17.2 Å². The van der Waals surface area contributed by atoms with Crippen LogP contribution in [-0.4, -0.2) is 37.8 Å². The molecule has 1 fully saturated rings. The van der Waals surface area contributed by atoms with E-state index in [4.69, 9.17) is 9.47 Å². The molecule has 6 rings (SSSR count). The lowest BCUT2D eigenvalue weighted by molar-refractivity contribution is -0.139. The van der Waals surface area contributed by atoms with Crippen molar-refractivity contribution < 1.29 is 24.2 Å². The van der Waals surface area contributed by atoms with Crippen LogP contribution in [0.15, 0.2) is 127 Å². The Bertz CT molecular complexity index is 1810. The molecule has 1 aliphatic rings. The molecule has 2 heterocycles. The van der Waals surface area contributed by atoms with E-state index >= 15 is 0 Å².